The van der Waals surface area contributed by atoms with Gasteiger partial charge in [-0.05, 0) is 6.07 Å². The van der Waals surface area contributed by atoms with Gasteiger partial charge in [-0.15, -0.1) is 0 Å². The van der Waals surface area contributed by atoms with Crippen molar-refractivity contribution in [2.45, 2.75) is 0 Å². The number of methoxy groups -OCH3 is 2. The Bertz CT molecular complexity index is 646. The van der Waals surface area contributed by atoms with Crippen molar-refractivity contribution in [3.63, 3.8) is 0 Å². The summed E-state index contributed by atoms with van der Waals surface area (Å²) in [6.07, 6.45) is 1.52. The standard InChI is InChI=1S/C14H12ClN3O2/c1-19-11-5-10(6-12(7-11)20-2)18-14-13(15)9(8-16)3-4-17-14/h3-7H,1-2H3,(H,17,18). The summed E-state index contributed by atoms with van der Waals surface area (Å²) in [6, 6.07) is 8.87. The van der Waals surface area contributed by atoms with E-state index in [0.717, 1.165) is 0 Å². The largest absolute Gasteiger partial charge is 0.497 e. The van der Waals surface area contributed by atoms with E-state index in [0.29, 0.717) is 28.6 Å². The molecule has 5 nitrogen and oxygen atoms in total. The van der Waals surface area contributed by atoms with Gasteiger partial charge in [0, 0.05) is 30.1 Å². The molecule has 102 valence electrons. The number of halogens is 1. The fourth-order valence-corrected chi connectivity index (χ4v) is 1.83. The minimum atomic E-state index is 0.275. The third-order valence-corrected chi connectivity index (χ3v) is 3.01. The van der Waals surface area contributed by atoms with Crippen molar-refractivity contribution >= 4 is 23.1 Å². The second kappa shape index (κ2) is 6.13. The number of nitrogens with one attached hydrogen (secondary N) is 1. The van der Waals surface area contributed by atoms with E-state index in [1.807, 2.05) is 6.07 Å². The second-order valence-corrected chi connectivity index (χ2v) is 4.24. The second-order valence-electron chi connectivity index (χ2n) is 3.86. The maximum atomic E-state index is 8.94. The van der Waals surface area contributed by atoms with Crippen molar-refractivity contribution in [2.75, 3.05) is 19.5 Å². The number of ether oxygens (including phenoxy) is 2. The molecule has 1 heterocycles. The highest BCUT2D eigenvalue weighted by molar-refractivity contribution is 6.34. The van der Waals surface area contributed by atoms with Crippen molar-refractivity contribution in [1.82, 2.24) is 4.98 Å². The van der Waals surface area contributed by atoms with E-state index in [9.17, 15) is 0 Å². The molecule has 0 atom stereocenters. The van der Waals surface area contributed by atoms with E-state index in [4.69, 9.17) is 26.3 Å². The van der Waals surface area contributed by atoms with Crippen molar-refractivity contribution in [3.8, 4) is 17.6 Å². The van der Waals surface area contributed by atoms with Gasteiger partial charge in [-0.25, -0.2) is 4.98 Å². The molecule has 0 saturated heterocycles. The zero-order valence-corrected chi connectivity index (χ0v) is 11.7. The van der Waals surface area contributed by atoms with Crippen molar-refractivity contribution in [1.29, 1.82) is 5.26 Å². The SMILES string of the molecule is COc1cc(Nc2nccc(C#N)c2Cl)cc(OC)c1. The van der Waals surface area contributed by atoms with E-state index in [2.05, 4.69) is 10.3 Å². The maximum Gasteiger partial charge on any atom is 0.150 e. The number of pyridine rings is 1. The molecular formula is C14H12ClN3O2. The minimum absolute atomic E-state index is 0.275. The van der Waals surface area contributed by atoms with E-state index >= 15 is 0 Å². The Morgan fingerprint density at radius 1 is 1.20 bits per heavy atom. The normalized spacial score (nSPS) is 9.70. The van der Waals surface area contributed by atoms with Crippen molar-refractivity contribution in [3.05, 3.63) is 41.0 Å². The van der Waals surface area contributed by atoms with Crippen LogP contribution in [0.4, 0.5) is 11.5 Å². The van der Waals surface area contributed by atoms with Crippen LogP contribution in [0.1, 0.15) is 5.56 Å². The Hall–Kier alpha value is -2.45. The molecule has 6 heteroatoms. The number of hydrogen-bond acceptors (Lipinski definition) is 5. The molecule has 2 rings (SSSR count). The molecule has 0 aliphatic heterocycles. The Morgan fingerprint density at radius 2 is 1.85 bits per heavy atom. The molecule has 0 bridgehead atoms. The van der Waals surface area contributed by atoms with E-state index < -0.39 is 0 Å². The van der Waals surface area contributed by atoms with Crippen LogP contribution in [0.2, 0.25) is 5.02 Å². The summed E-state index contributed by atoms with van der Waals surface area (Å²) >= 11 is 6.10. The summed E-state index contributed by atoms with van der Waals surface area (Å²) in [4.78, 5) is 4.12. The number of nitrogens with zero attached hydrogens (tertiary/aromatic N) is 2. The number of hydrogen-bond donors (Lipinski definition) is 1. The highest BCUT2D eigenvalue weighted by atomic mass is 35.5. The fourth-order valence-electron chi connectivity index (χ4n) is 1.63. The van der Waals surface area contributed by atoms with Gasteiger partial charge in [0.25, 0.3) is 0 Å². The molecule has 20 heavy (non-hydrogen) atoms. The van der Waals surface area contributed by atoms with Crippen LogP contribution in [0.25, 0.3) is 0 Å². The summed E-state index contributed by atoms with van der Waals surface area (Å²) in [5.74, 6) is 1.68. The monoisotopic (exact) mass is 289 g/mol. The number of benzene rings is 1. The van der Waals surface area contributed by atoms with Gasteiger partial charge in [-0.3, -0.25) is 0 Å². The first-order chi connectivity index (χ1) is 9.67. The lowest BCUT2D eigenvalue weighted by atomic mass is 10.2. The lowest BCUT2D eigenvalue weighted by Gasteiger charge is -2.11. The van der Waals surface area contributed by atoms with Crippen molar-refractivity contribution < 1.29 is 9.47 Å². The van der Waals surface area contributed by atoms with E-state index in [1.54, 1.807) is 38.5 Å². The molecule has 0 saturated carbocycles. The Kier molecular flexibility index (Phi) is 4.28. The van der Waals surface area contributed by atoms with Crippen LogP contribution < -0.4 is 14.8 Å². The van der Waals surface area contributed by atoms with Crippen LogP contribution in [-0.2, 0) is 0 Å². The average molecular weight is 290 g/mol. The molecular weight excluding hydrogens is 278 g/mol. The van der Waals surface area contributed by atoms with E-state index in [1.165, 1.54) is 6.20 Å². The van der Waals surface area contributed by atoms with Gasteiger partial charge < -0.3 is 14.8 Å². The fraction of sp³-hybridized carbons (Fsp3) is 0.143. The van der Waals surface area contributed by atoms with Gasteiger partial charge in [-0.2, -0.15) is 5.26 Å². The quantitative estimate of drug-likeness (QED) is 0.934. The predicted octanol–water partition coefficient (Wildman–Crippen LogP) is 3.37. The molecule has 0 aliphatic carbocycles. The van der Waals surface area contributed by atoms with Crippen LogP contribution in [-0.4, -0.2) is 19.2 Å². The minimum Gasteiger partial charge on any atom is -0.497 e. The smallest absolute Gasteiger partial charge is 0.150 e. The van der Waals surface area contributed by atoms with Gasteiger partial charge in [-0.1, -0.05) is 11.6 Å². The Balaban J connectivity index is 2.37. The number of anilines is 2. The highest BCUT2D eigenvalue weighted by Crippen LogP contribution is 2.30. The highest BCUT2D eigenvalue weighted by Gasteiger charge is 2.09. The average Bonchev–Trinajstić information content (AvgIpc) is 2.49. The topological polar surface area (TPSA) is 67.2 Å². The summed E-state index contributed by atoms with van der Waals surface area (Å²) in [5, 5.41) is 12.3. The molecule has 1 aromatic heterocycles. The van der Waals surface area contributed by atoms with E-state index in [-0.39, 0.29) is 5.02 Å². The predicted molar refractivity (Wildman–Crippen MR) is 76.8 cm³/mol. The lowest BCUT2D eigenvalue weighted by molar-refractivity contribution is 0.395. The molecule has 1 N–H and O–H groups in total. The first kappa shape index (κ1) is 14.0. The van der Waals surface area contributed by atoms with Crippen LogP contribution in [0.5, 0.6) is 11.5 Å². The lowest BCUT2D eigenvalue weighted by Crippen LogP contribution is -1.97. The van der Waals surface area contributed by atoms with Crippen LogP contribution >= 0.6 is 11.6 Å². The molecule has 1 aromatic carbocycles. The Labute approximate surface area is 121 Å². The third kappa shape index (κ3) is 2.92. The zero-order valence-electron chi connectivity index (χ0n) is 11.0. The molecule has 0 spiro atoms. The molecule has 0 fully saturated rings. The van der Waals surface area contributed by atoms with Crippen LogP contribution in [0.15, 0.2) is 30.5 Å². The summed E-state index contributed by atoms with van der Waals surface area (Å²) in [6.45, 7) is 0. The van der Waals surface area contributed by atoms with Gasteiger partial charge in [0.05, 0.1) is 19.8 Å². The summed E-state index contributed by atoms with van der Waals surface area (Å²) in [5.41, 5.74) is 1.06. The van der Waals surface area contributed by atoms with Gasteiger partial charge >= 0.3 is 0 Å². The third-order valence-electron chi connectivity index (χ3n) is 2.62. The first-order valence-electron chi connectivity index (χ1n) is 5.72. The summed E-state index contributed by atoms with van der Waals surface area (Å²) < 4.78 is 10.4. The maximum absolute atomic E-state index is 8.94. The molecule has 0 aliphatic rings. The molecule has 0 radical (unpaired) electrons. The number of aromatic nitrogens is 1. The van der Waals surface area contributed by atoms with Crippen molar-refractivity contribution in [2.24, 2.45) is 0 Å². The van der Waals surface area contributed by atoms with Crippen LogP contribution in [0, 0.1) is 11.3 Å². The number of nitriles is 1. The van der Waals surface area contributed by atoms with Gasteiger partial charge in [0.15, 0.2) is 5.82 Å². The molecule has 0 amide bonds. The van der Waals surface area contributed by atoms with Gasteiger partial charge in [0.1, 0.15) is 22.6 Å². The van der Waals surface area contributed by atoms with Crippen LogP contribution in [0.3, 0.4) is 0 Å². The number of rotatable bonds is 4. The molecule has 2 aromatic rings. The summed E-state index contributed by atoms with van der Waals surface area (Å²) in [7, 11) is 3.14. The first-order valence-corrected chi connectivity index (χ1v) is 6.10. The van der Waals surface area contributed by atoms with Gasteiger partial charge in [0.2, 0.25) is 0 Å². The Morgan fingerprint density at radius 3 is 2.40 bits per heavy atom. The molecule has 0 unspecified atom stereocenters. The zero-order chi connectivity index (χ0) is 14.5.